The van der Waals surface area contributed by atoms with E-state index >= 15 is 0 Å². The Morgan fingerprint density at radius 2 is 1.72 bits per heavy atom. The molecule has 0 saturated heterocycles. The number of nitrogens with two attached hydrogens (primary N) is 1. The normalized spacial score (nSPS) is 10.0. The minimum Gasteiger partial charge on any atom is -1.00 e. The number of hydrogen-bond acceptors (Lipinski definition) is 2. The summed E-state index contributed by atoms with van der Waals surface area (Å²) >= 11 is 0. The van der Waals surface area contributed by atoms with Crippen molar-refractivity contribution < 1.29 is 21.8 Å². The number of hydrogen-bond donors (Lipinski definition) is 1. The van der Waals surface area contributed by atoms with Gasteiger partial charge < -0.3 is 12.4 Å². The molecule has 4 heteroatoms. The van der Waals surface area contributed by atoms with Crippen molar-refractivity contribution in [1.82, 2.24) is 0 Å². The van der Waals surface area contributed by atoms with E-state index in [0.717, 1.165) is 0 Å². The molecule has 1 heterocycles. The number of pyridine rings is 1. The van der Waals surface area contributed by atoms with Gasteiger partial charge in [-0.3, -0.25) is 10.5 Å². The van der Waals surface area contributed by atoms with Gasteiger partial charge in [0.2, 0.25) is 0 Å². The van der Waals surface area contributed by atoms with E-state index in [9.17, 15) is 4.79 Å². The number of anilines is 1. The van der Waals surface area contributed by atoms with Crippen LogP contribution in [0.25, 0.3) is 6.20 Å². The minimum atomic E-state index is -0.0404. The Hall–Kier alpha value is -2.13. The second-order valence-electron chi connectivity index (χ2n) is 3.58. The topological polar surface area (TPSA) is 47.0 Å². The third-order valence-electron chi connectivity index (χ3n) is 2.37. The van der Waals surface area contributed by atoms with E-state index in [-0.39, 0.29) is 18.2 Å². The first-order valence-electron chi connectivity index (χ1n) is 5.30. The molecule has 1 aromatic carbocycles. The smallest absolute Gasteiger partial charge is 0.276 e. The highest BCUT2D eigenvalue weighted by Crippen LogP contribution is 2.00. The van der Waals surface area contributed by atoms with E-state index in [4.69, 9.17) is 5.73 Å². The number of carbonyl (C=O) groups excluding carboxylic acids is 1. The standard InChI is InChI=1S/C14H12N2O.ClH/c15-14-8-4-5-10-16(14)11-9-13(17)12-6-2-1-3-7-12;/h1-11,15H;1H/b11-9+;. The molecule has 3 nitrogen and oxygen atoms in total. The molecule has 0 radical (unpaired) electrons. The zero-order chi connectivity index (χ0) is 12.1. The summed E-state index contributed by atoms with van der Waals surface area (Å²) in [5.41, 5.74) is 6.41. The molecule has 0 aliphatic rings. The van der Waals surface area contributed by atoms with Gasteiger partial charge in [0, 0.05) is 17.7 Å². The van der Waals surface area contributed by atoms with Crippen LogP contribution in [0.3, 0.4) is 0 Å². The Labute approximate surface area is 112 Å². The maximum atomic E-state index is 11.8. The van der Waals surface area contributed by atoms with Gasteiger partial charge in [-0.05, 0) is 6.07 Å². The molecule has 18 heavy (non-hydrogen) atoms. The SMILES string of the molecule is Nc1cccc[n+]1/C=C/C(=O)c1ccccc1.[Cl-]. The number of rotatable bonds is 3. The summed E-state index contributed by atoms with van der Waals surface area (Å²) in [6.45, 7) is 0. The lowest BCUT2D eigenvalue weighted by Gasteiger charge is -1.95. The van der Waals surface area contributed by atoms with Gasteiger partial charge in [-0.15, -0.1) is 0 Å². The highest BCUT2D eigenvalue weighted by atomic mass is 35.5. The fourth-order valence-corrected chi connectivity index (χ4v) is 1.45. The largest absolute Gasteiger partial charge is 1.00 e. The number of allylic oxidation sites excluding steroid dienone is 1. The second-order valence-corrected chi connectivity index (χ2v) is 3.58. The van der Waals surface area contributed by atoms with Gasteiger partial charge in [0.1, 0.15) is 0 Å². The van der Waals surface area contributed by atoms with Gasteiger partial charge in [0.25, 0.3) is 5.82 Å². The molecule has 0 aliphatic heterocycles. The van der Waals surface area contributed by atoms with Crippen LogP contribution in [0.5, 0.6) is 0 Å². The summed E-state index contributed by atoms with van der Waals surface area (Å²) in [5.74, 6) is 0.547. The number of benzene rings is 1. The van der Waals surface area contributed by atoms with Crippen LogP contribution in [0.4, 0.5) is 5.82 Å². The van der Waals surface area contributed by atoms with Crippen LogP contribution in [0, 0.1) is 0 Å². The molecule has 0 bridgehead atoms. The van der Waals surface area contributed by atoms with Crippen molar-refractivity contribution in [2.45, 2.75) is 0 Å². The lowest BCUT2D eigenvalue weighted by molar-refractivity contribution is -0.552. The molecule has 0 spiro atoms. The van der Waals surface area contributed by atoms with Gasteiger partial charge in [0.05, 0.1) is 12.4 Å². The fraction of sp³-hybridized carbons (Fsp3) is 0. The molecule has 0 amide bonds. The van der Waals surface area contributed by atoms with Gasteiger partial charge >= 0.3 is 0 Å². The highest BCUT2D eigenvalue weighted by Gasteiger charge is 2.02. The molecule has 0 unspecified atom stereocenters. The van der Waals surface area contributed by atoms with E-state index in [1.165, 1.54) is 6.08 Å². The lowest BCUT2D eigenvalue weighted by Crippen LogP contribution is -3.00. The van der Waals surface area contributed by atoms with Gasteiger partial charge in [-0.2, -0.15) is 0 Å². The molecule has 0 fully saturated rings. The minimum absolute atomic E-state index is 0. The first-order chi connectivity index (χ1) is 8.27. The van der Waals surface area contributed by atoms with Crippen LogP contribution in [-0.2, 0) is 0 Å². The van der Waals surface area contributed by atoms with Crippen molar-refractivity contribution in [1.29, 1.82) is 0 Å². The lowest BCUT2D eigenvalue weighted by atomic mass is 10.1. The Bertz CT molecular complexity index is 553. The van der Waals surface area contributed by atoms with Crippen molar-refractivity contribution in [2.24, 2.45) is 0 Å². The van der Waals surface area contributed by atoms with E-state index in [1.807, 2.05) is 30.3 Å². The maximum Gasteiger partial charge on any atom is 0.276 e. The summed E-state index contributed by atoms with van der Waals surface area (Å²) in [6, 6.07) is 14.6. The molecule has 0 saturated carbocycles. The molecule has 0 aliphatic carbocycles. The molecule has 2 N–H and O–H groups in total. The van der Waals surface area contributed by atoms with Crippen LogP contribution in [0.2, 0.25) is 0 Å². The van der Waals surface area contributed by atoms with Crippen molar-refractivity contribution >= 4 is 17.8 Å². The first-order valence-corrected chi connectivity index (χ1v) is 5.30. The van der Waals surface area contributed by atoms with E-state index in [1.54, 1.807) is 35.2 Å². The Morgan fingerprint density at radius 1 is 1.06 bits per heavy atom. The Morgan fingerprint density at radius 3 is 2.39 bits per heavy atom. The van der Waals surface area contributed by atoms with E-state index in [0.29, 0.717) is 11.4 Å². The van der Waals surface area contributed by atoms with Crippen molar-refractivity contribution in [2.75, 3.05) is 5.73 Å². The second kappa shape index (κ2) is 6.57. The highest BCUT2D eigenvalue weighted by molar-refractivity contribution is 6.05. The third-order valence-corrected chi connectivity index (χ3v) is 2.37. The first kappa shape index (κ1) is 13.9. The van der Waals surface area contributed by atoms with Crippen LogP contribution < -0.4 is 22.7 Å². The summed E-state index contributed by atoms with van der Waals surface area (Å²) in [7, 11) is 0. The van der Waals surface area contributed by atoms with Crippen LogP contribution in [-0.4, -0.2) is 5.78 Å². The van der Waals surface area contributed by atoms with Crippen molar-refractivity contribution in [3.05, 3.63) is 66.4 Å². The third kappa shape index (κ3) is 3.43. The average Bonchev–Trinajstić information content (AvgIpc) is 2.38. The Balaban J connectivity index is 0.00000162. The fourth-order valence-electron chi connectivity index (χ4n) is 1.45. The van der Waals surface area contributed by atoms with Crippen LogP contribution in [0.15, 0.2) is 60.8 Å². The molecular formula is C14H13ClN2O. The van der Waals surface area contributed by atoms with Crippen LogP contribution in [0.1, 0.15) is 10.4 Å². The zero-order valence-corrected chi connectivity index (χ0v) is 10.4. The zero-order valence-electron chi connectivity index (χ0n) is 9.66. The number of nitrogen functional groups attached to an aromatic ring is 1. The molecule has 1 aromatic heterocycles. The van der Waals surface area contributed by atoms with E-state index in [2.05, 4.69) is 0 Å². The van der Waals surface area contributed by atoms with Crippen molar-refractivity contribution in [3.63, 3.8) is 0 Å². The number of ketones is 1. The molecule has 92 valence electrons. The maximum absolute atomic E-state index is 11.8. The van der Waals surface area contributed by atoms with Gasteiger partial charge in [-0.1, -0.05) is 36.4 Å². The predicted molar refractivity (Wildman–Crippen MR) is 67.2 cm³/mol. The Kier molecular flexibility index (Phi) is 5.08. The summed E-state index contributed by atoms with van der Waals surface area (Å²) in [6.07, 6.45) is 4.96. The number of halogens is 1. The average molecular weight is 261 g/mol. The predicted octanol–water partition coefficient (Wildman–Crippen LogP) is -1.09. The summed E-state index contributed by atoms with van der Waals surface area (Å²) in [4.78, 5) is 11.8. The summed E-state index contributed by atoms with van der Waals surface area (Å²) in [5, 5.41) is 0. The summed E-state index contributed by atoms with van der Waals surface area (Å²) < 4.78 is 1.70. The molecule has 2 rings (SSSR count). The number of aromatic nitrogens is 1. The monoisotopic (exact) mass is 260 g/mol. The van der Waals surface area contributed by atoms with E-state index < -0.39 is 0 Å². The molecule has 2 aromatic rings. The molecular weight excluding hydrogens is 248 g/mol. The van der Waals surface area contributed by atoms with Gasteiger partial charge in [0.15, 0.2) is 5.78 Å². The quantitative estimate of drug-likeness (QED) is 0.433. The number of carbonyl (C=O) groups is 1. The van der Waals surface area contributed by atoms with Gasteiger partial charge in [-0.25, -0.2) is 4.57 Å². The number of nitrogens with zero attached hydrogens (tertiary/aromatic N) is 1. The van der Waals surface area contributed by atoms with Crippen molar-refractivity contribution in [3.8, 4) is 0 Å². The van der Waals surface area contributed by atoms with Crippen LogP contribution >= 0.6 is 0 Å². The molecule has 0 atom stereocenters.